The molecule has 3 N–H and O–H groups in total. The number of nitro groups is 1. The first kappa shape index (κ1) is 22.4. The molecule has 0 bridgehead atoms. The Bertz CT molecular complexity index is 922. The lowest BCUT2D eigenvalue weighted by Gasteiger charge is -2.11. The van der Waals surface area contributed by atoms with Crippen molar-refractivity contribution in [3.8, 4) is 0 Å². The van der Waals surface area contributed by atoms with Crippen LogP contribution in [0.2, 0.25) is 10.0 Å². The van der Waals surface area contributed by atoms with Crippen LogP contribution in [0.25, 0.3) is 0 Å². The van der Waals surface area contributed by atoms with Crippen molar-refractivity contribution in [3.63, 3.8) is 0 Å². The maximum absolute atomic E-state index is 12.3. The molecule has 0 aliphatic carbocycles. The quantitative estimate of drug-likeness (QED) is 0.309. The predicted molar refractivity (Wildman–Crippen MR) is 107 cm³/mol. The standard InChI is InChI=1S/C18H17Cl2N3O6/c19-12-2-1-11(15(20)7-12)9-22-17(25)10-29-18(26)14-8-13(23(27)28)3-4-16(14)21-5-6-24/h1-4,7-8,21,24H,5-6,9-10H2,(H,22,25). The Labute approximate surface area is 175 Å². The Morgan fingerprint density at radius 3 is 2.59 bits per heavy atom. The van der Waals surface area contributed by atoms with Gasteiger partial charge < -0.3 is 20.5 Å². The van der Waals surface area contributed by atoms with Crippen LogP contribution in [0.15, 0.2) is 36.4 Å². The highest BCUT2D eigenvalue weighted by Crippen LogP contribution is 2.23. The number of aliphatic hydroxyl groups is 1. The molecule has 0 aliphatic heterocycles. The Balaban J connectivity index is 1.99. The van der Waals surface area contributed by atoms with Gasteiger partial charge in [0.2, 0.25) is 0 Å². The van der Waals surface area contributed by atoms with Crippen molar-refractivity contribution in [2.45, 2.75) is 6.54 Å². The molecule has 0 radical (unpaired) electrons. The first-order valence-electron chi connectivity index (χ1n) is 8.32. The summed E-state index contributed by atoms with van der Waals surface area (Å²) in [6.45, 7) is -0.569. The van der Waals surface area contributed by atoms with Crippen LogP contribution in [0.4, 0.5) is 11.4 Å². The summed E-state index contributed by atoms with van der Waals surface area (Å²) in [5.74, 6) is -1.51. The summed E-state index contributed by atoms with van der Waals surface area (Å²) < 4.78 is 4.95. The fraction of sp³-hybridized carbons (Fsp3) is 0.222. The van der Waals surface area contributed by atoms with Gasteiger partial charge in [0, 0.05) is 41.0 Å². The largest absolute Gasteiger partial charge is 0.452 e. The topological polar surface area (TPSA) is 131 Å². The van der Waals surface area contributed by atoms with E-state index in [1.807, 2.05) is 0 Å². The Morgan fingerprint density at radius 1 is 1.17 bits per heavy atom. The molecule has 1 amide bonds. The maximum Gasteiger partial charge on any atom is 0.341 e. The summed E-state index contributed by atoms with van der Waals surface area (Å²) in [4.78, 5) is 34.5. The Kier molecular flexibility index (Phi) is 8.20. The highest BCUT2D eigenvalue weighted by Gasteiger charge is 2.19. The second-order valence-corrected chi connectivity index (χ2v) is 6.57. The molecule has 2 rings (SSSR count). The van der Waals surface area contributed by atoms with E-state index in [9.17, 15) is 19.7 Å². The number of hydrogen-bond acceptors (Lipinski definition) is 7. The molecule has 11 heteroatoms. The molecule has 0 heterocycles. The predicted octanol–water partition coefficient (Wildman–Crippen LogP) is 2.78. The van der Waals surface area contributed by atoms with Crippen molar-refractivity contribution in [1.82, 2.24) is 5.32 Å². The fourth-order valence-electron chi connectivity index (χ4n) is 2.28. The van der Waals surface area contributed by atoms with Gasteiger partial charge in [0.1, 0.15) is 0 Å². The molecule has 0 aliphatic rings. The van der Waals surface area contributed by atoms with E-state index in [2.05, 4.69) is 10.6 Å². The van der Waals surface area contributed by atoms with Crippen molar-refractivity contribution in [2.24, 2.45) is 0 Å². The van der Waals surface area contributed by atoms with E-state index < -0.39 is 23.4 Å². The number of carbonyl (C=O) groups excluding carboxylic acids is 2. The number of amides is 1. The third-order valence-electron chi connectivity index (χ3n) is 3.69. The molecular formula is C18H17Cl2N3O6. The molecule has 0 atom stereocenters. The van der Waals surface area contributed by atoms with Crippen molar-refractivity contribution in [1.29, 1.82) is 0 Å². The maximum atomic E-state index is 12.3. The monoisotopic (exact) mass is 441 g/mol. The fourth-order valence-corrected chi connectivity index (χ4v) is 2.75. The number of nitrogens with zero attached hydrogens (tertiary/aromatic N) is 1. The molecule has 0 fully saturated rings. The van der Waals surface area contributed by atoms with E-state index in [1.54, 1.807) is 12.1 Å². The van der Waals surface area contributed by atoms with Crippen LogP contribution in [-0.4, -0.2) is 41.7 Å². The summed E-state index contributed by atoms with van der Waals surface area (Å²) in [5, 5.41) is 26.0. The van der Waals surface area contributed by atoms with E-state index in [0.29, 0.717) is 15.6 Å². The minimum absolute atomic E-state index is 0.104. The number of halogens is 2. The van der Waals surface area contributed by atoms with Crippen LogP contribution in [0.3, 0.4) is 0 Å². The van der Waals surface area contributed by atoms with E-state index in [1.165, 1.54) is 18.2 Å². The number of aliphatic hydroxyl groups excluding tert-OH is 1. The minimum atomic E-state index is -0.922. The van der Waals surface area contributed by atoms with Crippen molar-refractivity contribution in [3.05, 3.63) is 67.7 Å². The number of anilines is 1. The lowest BCUT2D eigenvalue weighted by molar-refractivity contribution is -0.384. The Morgan fingerprint density at radius 2 is 1.93 bits per heavy atom. The zero-order valence-electron chi connectivity index (χ0n) is 15.0. The molecule has 154 valence electrons. The average Bonchev–Trinajstić information content (AvgIpc) is 2.69. The van der Waals surface area contributed by atoms with E-state index in [4.69, 9.17) is 33.0 Å². The number of nitro benzene ring substituents is 1. The summed E-state index contributed by atoms with van der Waals surface area (Å²) in [7, 11) is 0. The molecule has 0 saturated heterocycles. The number of esters is 1. The normalized spacial score (nSPS) is 10.3. The number of ether oxygens (including phenoxy) is 1. The first-order chi connectivity index (χ1) is 13.8. The molecule has 9 nitrogen and oxygen atoms in total. The highest BCUT2D eigenvalue weighted by atomic mass is 35.5. The first-order valence-corrected chi connectivity index (χ1v) is 9.08. The summed E-state index contributed by atoms with van der Waals surface area (Å²) in [6, 6.07) is 8.38. The lowest BCUT2D eigenvalue weighted by atomic mass is 10.1. The summed E-state index contributed by atoms with van der Waals surface area (Å²) in [6.07, 6.45) is 0. The number of rotatable bonds is 9. The molecule has 0 unspecified atom stereocenters. The van der Waals surface area contributed by atoms with E-state index in [-0.39, 0.29) is 36.6 Å². The van der Waals surface area contributed by atoms with Crippen molar-refractivity contribution >= 4 is 46.5 Å². The molecular weight excluding hydrogens is 425 g/mol. The zero-order chi connectivity index (χ0) is 21.4. The third kappa shape index (κ3) is 6.60. The SMILES string of the molecule is O=C(COC(=O)c1cc([N+](=O)[O-])ccc1NCCO)NCc1ccc(Cl)cc1Cl. The molecule has 0 spiro atoms. The van der Waals surface area contributed by atoms with Gasteiger partial charge in [0.15, 0.2) is 6.61 Å². The molecule has 29 heavy (non-hydrogen) atoms. The van der Waals surface area contributed by atoms with Gasteiger partial charge in [-0.1, -0.05) is 29.3 Å². The van der Waals surface area contributed by atoms with E-state index in [0.717, 1.165) is 6.07 Å². The number of non-ortho nitro benzene ring substituents is 1. The van der Waals surface area contributed by atoms with Crippen LogP contribution in [0.1, 0.15) is 15.9 Å². The molecule has 2 aromatic rings. The van der Waals surface area contributed by atoms with Gasteiger partial charge in [-0.3, -0.25) is 14.9 Å². The molecule has 0 aromatic heterocycles. The van der Waals surface area contributed by atoms with Crippen molar-refractivity contribution in [2.75, 3.05) is 25.1 Å². The smallest absolute Gasteiger partial charge is 0.341 e. The zero-order valence-corrected chi connectivity index (χ0v) is 16.5. The van der Waals surface area contributed by atoms with Gasteiger partial charge in [-0.2, -0.15) is 0 Å². The van der Waals surface area contributed by atoms with Crippen LogP contribution in [0.5, 0.6) is 0 Å². The van der Waals surface area contributed by atoms with Gasteiger partial charge in [0.25, 0.3) is 11.6 Å². The molecule has 0 saturated carbocycles. The summed E-state index contributed by atoms with van der Waals surface area (Å²) in [5.41, 5.74) is 0.433. The average molecular weight is 442 g/mol. The lowest BCUT2D eigenvalue weighted by Crippen LogP contribution is -2.28. The number of carbonyl (C=O) groups is 2. The minimum Gasteiger partial charge on any atom is -0.452 e. The van der Waals surface area contributed by atoms with Gasteiger partial charge in [-0.05, 0) is 23.8 Å². The molecule has 2 aromatic carbocycles. The van der Waals surface area contributed by atoms with Crippen LogP contribution in [0, 0.1) is 10.1 Å². The van der Waals surface area contributed by atoms with Crippen molar-refractivity contribution < 1.29 is 24.4 Å². The van der Waals surface area contributed by atoms with Gasteiger partial charge in [-0.25, -0.2) is 4.79 Å². The van der Waals surface area contributed by atoms with Crippen LogP contribution in [-0.2, 0) is 16.1 Å². The van der Waals surface area contributed by atoms with Crippen LogP contribution >= 0.6 is 23.2 Å². The second kappa shape index (κ2) is 10.6. The van der Waals surface area contributed by atoms with Gasteiger partial charge in [0.05, 0.1) is 17.1 Å². The second-order valence-electron chi connectivity index (χ2n) is 5.73. The third-order valence-corrected chi connectivity index (χ3v) is 4.27. The number of hydrogen-bond donors (Lipinski definition) is 3. The van der Waals surface area contributed by atoms with Crippen LogP contribution < -0.4 is 10.6 Å². The van der Waals surface area contributed by atoms with Gasteiger partial charge in [-0.15, -0.1) is 0 Å². The number of benzene rings is 2. The van der Waals surface area contributed by atoms with E-state index >= 15 is 0 Å². The Hall–Kier alpha value is -2.88. The van der Waals surface area contributed by atoms with Gasteiger partial charge >= 0.3 is 5.97 Å². The summed E-state index contributed by atoms with van der Waals surface area (Å²) >= 11 is 11.8. The number of nitrogens with one attached hydrogen (secondary N) is 2. The highest BCUT2D eigenvalue weighted by molar-refractivity contribution is 6.35.